The van der Waals surface area contributed by atoms with Crippen molar-refractivity contribution in [2.75, 3.05) is 6.66 Å². The molecule has 0 aromatic rings. The summed E-state index contributed by atoms with van der Waals surface area (Å²) in [6.07, 6.45) is 1.36. The van der Waals surface area contributed by atoms with Crippen molar-refractivity contribution < 1.29 is 4.79 Å². The number of hydrogen-bond acceptors (Lipinski definition) is 2. The second-order valence-electron chi connectivity index (χ2n) is 1.43. The third-order valence-electron chi connectivity index (χ3n) is 0.422. The predicted octanol–water partition coefficient (Wildman–Crippen LogP) is 1.46. The Morgan fingerprint density at radius 1 is 1.88 bits per heavy atom. The topological polar surface area (TPSA) is 29.4 Å². The minimum atomic E-state index is -0.368. The van der Waals surface area contributed by atoms with Gasteiger partial charge in [-0.25, -0.2) is 0 Å². The molecule has 0 aromatic heterocycles. The van der Waals surface area contributed by atoms with Crippen LogP contribution in [0, 0.1) is 0 Å². The lowest BCUT2D eigenvalue weighted by molar-refractivity contribution is -0.110. The van der Waals surface area contributed by atoms with Crippen molar-refractivity contribution in [3.8, 4) is 0 Å². The molecule has 0 aromatic carbocycles. The third kappa shape index (κ3) is 6.20. The third-order valence-corrected chi connectivity index (χ3v) is 1.30. The van der Waals surface area contributed by atoms with E-state index >= 15 is 0 Å². The highest BCUT2D eigenvalue weighted by molar-refractivity contribution is 8.12. The average molecular weight is 149 g/mol. The summed E-state index contributed by atoms with van der Waals surface area (Å²) < 4.78 is 3.88. The van der Waals surface area contributed by atoms with E-state index in [4.69, 9.17) is 0 Å². The number of hydrogen-bond donors (Lipinski definition) is 0. The first-order chi connectivity index (χ1) is 3.63. The number of carbonyl (C=O) groups excluding carboxylic acids is 1. The van der Waals surface area contributed by atoms with Crippen LogP contribution in [0.5, 0.6) is 0 Å². The predicted molar refractivity (Wildman–Crippen MR) is 41.7 cm³/mol. The molecule has 0 radical (unpaired) electrons. The standard InChI is InChI=1S/C4H9NOP2/c1-4(6)3-5-8(2)7/h3H,7H2,1-2H3/b5-3+. The first-order valence-corrected chi connectivity index (χ1v) is 5.52. The van der Waals surface area contributed by atoms with Crippen LogP contribution >= 0.6 is 16.7 Å². The van der Waals surface area contributed by atoms with E-state index in [1.54, 1.807) is 0 Å². The number of nitrogens with zero attached hydrogens (tertiary/aromatic N) is 1. The largest absolute Gasteiger partial charge is 0.293 e. The maximum absolute atomic E-state index is 10.2. The molecule has 0 rings (SSSR count). The molecule has 0 bridgehead atoms. The van der Waals surface area contributed by atoms with E-state index in [0.717, 1.165) is 0 Å². The molecule has 8 heavy (non-hydrogen) atoms. The van der Waals surface area contributed by atoms with Crippen LogP contribution in [-0.4, -0.2) is 18.7 Å². The highest BCUT2D eigenvalue weighted by Gasteiger charge is 1.84. The minimum Gasteiger partial charge on any atom is -0.293 e. The summed E-state index contributed by atoms with van der Waals surface area (Å²) in [4.78, 5) is 10.2. The smallest absolute Gasteiger partial charge is 0.170 e. The van der Waals surface area contributed by atoms with Crippen molar-refractivity contribution in [2.24, 2.45) is 4.76 Å². The van der Waals surface area contributed by atoms with Crippen LogP contribution in [0.1, 0.15) is 6.92 Å². The zero-order chi connectivity index (χ0) is 6.57. The van der Waals surface area contributed by atoms with Gasteiger partial charge in [-0.3, -0.25) is 9.56 Å². The summed E-state index contributed by atoms with van der Waals surface area (Å²) in [5, 5.41) is 0. The molecule has 0 aliphatic carbocycles. The fourth-order valence-corrected chi connectivity index (χ4v) is 0.717. The average Bonchev–Trinajstić information content (AvgIpc) is 1.61. The first kappa shape index (κ1) is 8.20. The van der Waals surface area contributed by atoms with Crippen LogP contribution < -0.4 is 0 Å². The Morgan fingerprint density at radius 2 is 2.38 bits per heavy atom. The van der Waals surface area contributed by atoms with Gasteiger partial charge in [-0.2, -0.15) is 0 Å². The molecule has 0 saturated carbocycles. The zero-order valence-corrected chi connectivity index (χ0v) is 7.01. The number of Topliss-reactive ketones (excluding diaryl/α,β-unsaturated/α-hetero) is 1. The van der Waals surface area contributed by atoms with Crippen LogP contribution in [0.25, 0.3) is 0 Å². The Labute approximate surface area is 52.7 Å². The molecule has 0 aliphatic heterocycles. The van der Waals surface area contributed by atoms with Crippen molar-refractivity contribution >= 4 is 28.7 Å². The number of rotatable bonds is 2. The molecule has 0 saturated heterocycles. The van der Waals surface area contributed by atoms with E-state index in [1.807, 2.05) is 6.66 Å². The Hall–Kier alpha value is 0.200. The summed E-state index contributed by atoms with van der Waals surface area (Å²) in [6, 6.07) is 0. The van der Waals surface area contributed by atoms with Crippen molar-refractivity contribution in [2.45, 2.75) is 6.92 Å². The summed E-state index contributed by atoms with van der Waals surface area (Å²) in [6.45, 7) is 3.45. The summed E-state index contributed by atoms with van der Waals surface area (Å²) in [5.74, 6) is 0.0156. The van der Waals surface area contributed by atoms with Crippen LogP contribution in [0.4, 0.5) is 0 Å². The summed E-state index contributed by atoms with van der Waals surface area (Å²) >= 11 is 0. The molecule has 0 fully saturated rings. The molecule has 2 atom stereocenters. The molecule has 0 aliphatic rings. The van der Waals surface area contributed by atoms with Gasteiger partial charge in [-0.1, -0.05) is 8.93 Å². The normalized spacial score (nSPS) is 14.4. The quantitative estimate of drug-likeness (QED) is 0.431. The maximum Gasteiger partial charge on any atom is 0.170 e. The van der Waals surface area contributed by atoms with Crippen LogP contribution in [-0.2, 0) is 4.79 Å². The Balaban J connectivity index is 3.50. The van der Waals surface area contributed by atoms with Crippen molar-refractivity contribution in [3.63, 3.8) is 0 Å². The Bertz CT molecular complexity index is 111. The van der Waals surface area contributed by atoms with Crippen molar-refractivity contribution in [3.05, 3.63) is 0 Å². The van der Waals surface area contributed by atoms with E-state index in [-0.39, 0.29) is 13.5 Å². The van der Waals surface area contributed by atoms with Gasteiger partial charge in [0.25, 0.3) is 0 Å². The van der Waals surface area contributed by atoms with Gasteiger partial charge in [0.1, 0.15) is 0 Å². The van der Waals surface area contributed by atoms with E-state index in [9.17, 15) is 4.79 Å². The molecule has 2 nitrogen and oxygen atoms in total. The van der Waals surface area contributed by atoms with E-state index in [2.05, 4.69) is 13.7 Å². The highest BCUT2D eigenvalue weighted by Crippen LogP contribution is 2.40. The Kier molecular flexibility index (Phi) is 4.22. The van der Waals surface area contributed by atoms with Crippen molar-refractivity contribution in [1.82, 2.24) is 0 Å². The molecule has 0 amide bonds. The molecule has 0 N–H and O–H groups in total. The molecule has 0 spiro atoms. The lowest BCUT2D eigenvalue weighted by Gasteiger charge is -1.89. The summed E-state index contributed by atoms with van der Waals surface area (Å²) in [7, 11) is 2.17. The second kappa shape index (κ2) is 4.12. The Morgan fingerprint density at radius 3 is 2.50 bits per heavy atom. The fraction of sp³-hybridized carbons (Fsp3) is 0.500. The summed E-state index contributed by atoms with van der Waals surface area (Å²) in [5.41, 5.74) is 0. The van der Waals surface area contributed by atoms with Gasteiger partial charge in [-0.05, 0) is 6.66 Å². The van der Waals surface area contributed by atoms with Crippen LogP contribution in [0.3, 0.4) is 0 Å². The van der Waals surface area contributed by atoms with Gasteiger partial charge in [0, 0.05) is 14.7 Å². The SMILES string of the molecule is CC(=O)/C=N/P(C)P. The minimum absolute atomic E-state index is 0.0156. The van der Waals surface area contributed by atoms with Crippen molar-refractivity contribution in [1.29, 1.82) is 0 Å². The van der Waals surface area contributed by atoms with Gasteiger partial charge in [0.2, 0.25) is 0 Å². The van der Waals surface area contributed by atoms with E-state index in [0.29, 0.717) is 0 Å². The van der Waals surface area contributed by atoms with E-state index < -0.39 is 0 Å². The molecule has 4 heteroatoms. The monoisotopic (exact) mass is 149 g/mol. The highest BCUT2D eigenvalue weighted by atomic mass is 32.0. The molecular weight excluding hydrogens is 140 g/mol. The molecule has 0 heterocycles. The molecule has 2 unspecified atom stereocenters. The van der Waals surface area contributed by atoms with Gasteiger partial charge < -0.3 is 0 Å². The van der Waals surface area contributed by atoms with Gasteiger partial charge >= 0.3 is 0 Å². The number of ketones is 1. The molecule has 46 valence electrons. The lowest BCUT2D eigenvalue weighted by atomic mass is 10.5. The van der Waals surface area contributed by atoms with Crippen LogP contribution in [0.2, 0.25) is 0 Å². The zero-order valence-electron chi connectivity index (χ0n) is 4.96. The fourth-order valence-electron chi connectivity index (χ4n) is 0.172. The maximum atomic E-state index is 10.2. The van der Waals surface area contributed by atoms with Gasteiger partial charge in [-0.15, -0.1) is 0 Å². The number of carbonyl (C=O) groups is 1. The first-order valence-electron chi connectivity index (χ1n) is 2.16. The second-order valence-corrected chi connectivity index (χ2v) is 5.05. The molecular formula is C4H9NOP2. The van der Waals surface area contributed by atoms with Gasteiger partial charge in [0.15, 0.2) is 5.78 Å². The van der Waals surface area contributed by atoms with E-state index in [1.165, 1.54) is 13.1 Å². The lowest BCUT2D eigenvalue weighted by Crippen LogP contribution is -1.87. The van der Waals surface area contributed by atoms with Gasteiger partial charge in [0.05, 0.1) is 6.21 Å². The van der Waals surface area contributed by atoms with Crippen LogP contribution in [0.15, 0.2) is 4.76 Å².